The number of rotatable bonds is 3. The standard InChI is InChI=1S/C38H47FN4O5/c1-23-19-28-26-12-10-13-27(20-26)30-22-32-40-25(3)33(34(36(44)45)48-37(4,5)6)35(43(32)41-30)42-16-14-38(7,15-17-42)46-18-9-8-11-24(2)47-31(28)21-29(23)39/h10,12-13,19-22,24,34H,8-9,11,14-18H2,1-7H3,(H,44,45). The molecular formula is C38H47FN4O5. The first-order valence-electron chi connectivity index (χ1n) is 17.0. The van der Waals surface area contributed by atoms with Gasteiger partial charge in [0.1, 0.15) is 17.4 Å². The van der Waals surface area contributed by atoms with Crippen LogP contribution in [-0.2, 0) is 14.3 Å². The molecule has 2 unspecified atom stereocenters. The number of fused-ring (bicyclic) bond motifs is 8. The van der Waals surface area contributed by atoms with Crippen LogP contribution in [0, 0.1) is 19.7 Å². The first kappa shape index (κ1) is 33.9. The van der Waals surface area contributed by atoms with Crippen molar-refractivity contribution in [2.24, 2.45) is 0 Å². The maximum atomic E-state index is 14.9. The molecule has 6 bridgehead atoms. The molecule has 2 atom stereocenters. The van der Waals surface area contributed by atoms with E-state index in [1.54, 1.807) is 11.4 Å². The molecule has 0 spiro atoms. The number of hydrogen-bond donors (Lipinski definition) is 1. The van der Waals surface area contributed by atoms with E-state index >= 15 is 0 Å². The van der Waals surface area contributed by atoms with Gasteiger partial charge in [-0.2, -0.15) is 9.61 Å². The summed E-state index contributed by atoms with van der Waals surface area (Å²) in [5.74, 6) is -0.210. The Morgan fingerprint density at radius 2 is 1.83 bits per heavy atom. The van der Waals surface area contributed by atoms with Gasteiger partial charge in [0.15, 0.2) is 11.8 Å². The van der Waals surface area contributed by atoms with Crippen molar-refractivity contribution in [3.8, 4) is 28.1 Å². The van der Waals surface area contributed by atoms with Gasteiger partial charge in [-0.05, 0) is 104 Å². The number of anilines is 1. The van der Waals surface area contributed by atoms with Gasteiger partial charge < -0.3 is 24.2 Å². The predicted octanol–water partition coefficient (Wildman–Crippen LogP) is 8.09. The highest BCUT2D eigenvalue weighted by Gasteiger charge is 2.38. The quantitative estimate of drug-likeness (QED) is 0.236. The Kier molecular flexibility index (Phi) is 9.26. The van der Waals surface area contributed by atoms with Gasteiger partial charge in [0.05, 0.1) is 28.6 Å². The van der Waals surface area contributed by atoms with E-state index in [0.29, 0.717) is 59.4 Å². The van der Waals surface area contributed by atoms with E-state index in [2.05, 4.69) is 11.8 Å². The van der Waals surface area contributed by atoms with Gasteiger partial charge >= 0.3 is 5.97 Å². The number of nitrogens with zero attached hydrogens (tertiary/aromatic N) is 4. The molecule has 7 rings (SSSR count). The highest BCUT2D eigenvalue weighted by Crippen LogP contribution is 2.40. The van der Waals surface area contributed by atoms with Crippen molar-refractivity contribution >= 4 is 17.4 Å². The molecule has 4 aromatic rings. The summed E-state index contributed by atoms with van der Waals surface area (Å²) < 4.78 is 35.7. The fraction of sp³-hybridized carbons (Fsp3) is 0.500. The van der Waals surface area contributed by atoms with Crippen LogP contribution in [-0.4, -0.2) is 62.7 Å². The number of benzene rings is 2. The molecule has 256 valence electrons. The van der Waals surface area contributed by atoms with Crippen molar-refractivity contribution < 1.29 is 28.5 Å². The van der Waals surface area contributed by atoms with E-state index in [-0.39, 0.29) is 17.5 Å². The number of ether oxygens (including phenoxy) is 3. The Hall–Kier alpha value is -4.02. The SMILES string of the molecule is Cc1cc2c(cc1F)OC(C)CCCCOC1(C)CCN(CC1)c1c(C(OC(C)(C)C)C(=O)O)c(C)nc3cc(nn13)-c1cccc-2c1. The van der Waals surface area contributed by atoms with Gasteiger partial charge in [0.2, 0.25) is 0 Å². The number of aliphatic carboxylic acids is 1. The lowest BCUT2D eigenvalue weighted by atomic mass is 9.92. The molecule has 48 heavy (non-hydrogen) atoms. The molecule has 5 heterocycles. The van der Waals surface area contributed by atoms with Gasteiger partial charge in [-0.3, -0.25) is 0 Å². The van der Waals surface area contributed by atoms with E-state index in [4.69, 9.17) is 24.3 Å². The van der Waals surface area contributed by atoms with Crippen molar-refractivity contribution in [3.05, 3.63) is 65.1 Å². The average molecular weight is 659 g/mol. The van der Waals surface area contributed by atoms with Crippen LogP contribution in [0.2, 0.25) is 0 Å². The summed E-state index contributed by atoms with van der Waals surface area (Å²) in [4.78, 5) is 19.9. The summed E-state index contributed by atoms with van der Waals surface area (Å²) in [6, 6.07) is 13.2. The summed E-state index contributed by atoms with van der Waals surface area (Å²) in [6.45, 7) is 15.3. The molecule has 1 fully saturated rings. The Morgan fingerprint density at radius 3 is 2.54 bits per heavy atom. The molecule has 1 saturated heterocycles. The van der Waals surface area contributed by atoms with Gasteiger partial charge in [-0.1, -0.05) is 18.2 Å². The van der Waals surface area contributed by atoms with E-state index in [1.165, 1.54) is 6.07 Å². The van der Waals surface area contributed by atoms with Gasteiger partial charge in [0.25, 0.3) is 0 Å². The minimum Gasteiger partial charge on any atom is -0.490 e. The van der Waals surface area contributed by atoms with Crippen molar-refractivity contribution in [1.29, 1.82) is 0 Å². The van der Waals surface area contributed by atoms with Crippen molar-refractivity contribution in [2.75, 3.05) is 24.6 Å². The van der Waals surface area contributed by atoms with Crippen LogP contribution in [0.25, 0.3) is 28.0 Å². The second kappa shape index (κ2) is 13.1. The number of carbonyl (C=O) groups is 1. The minimum absolute atomic E-state index is 0.101. The largest absolute Gasteiger partial charge is 0.490 e. The van der Waals surface area contributed by atoms with Crippen LogP contribution in [0.15, 0.2) is 42.5 Å². The third-order valence-electron chi connectivity index (χ3n) is 9.40. The number of aryl methyl sites for hydroxylation is 2. The molecule has 10 heteroatoms. The third-order valence-corrected chi connectivity index (χ3v) is 9.40. The zero-order valence-electron chi connectivity index (χ0n) is 29.1. The average Bonchev–Trinajstić information content (AvgIpc) is 3.44. The topological polar surface area (TPSA) is 98.4 Å². The first-order valence-corrected chi connectivity index (χ1v) is 17.0. The number of carboxylic acid groups (broad SMARTS) is 1. The normalized spacial score (nSPS) is 21.2. The Bertz CT molecular complexity index is 1820. The fourth-order valence-electron chi connectivity index (χ4n) is 6.75. The Labute approximate surface area is 282 Å². The van der Waals surface area contributed by atoms with E-state index in [1.807, 2.05) is 71.0 Å². The molecule has 3 aliphatic rings. The molecule has 0 radical (unpaired) electrons. The summed E-state index contributed by atoms with van der Waals surface area (Å²) in [5, 5.41) is 15.6. The lowest BCUT2D eigenvalue weighted by molar-refractivity contribution is -0.160. The monoisotopic (exact) mass is 658 g/mol. The minimum atomic E-state index is -1.24. The lowest BCUT2D eigenvalue weighted by Gasteiger charge is -2.41. The van der Waals surface area contributed by atoms with E-state index in [9.17, 15) is 14.3 Å². The second-order valence-electron chi connectivity index (χ2n) is 14.6. The summed E-state index contributed by atoms with van der Waals surface area (Å²) in [7, 11) is 0. The van der Waals surface area contributed by atoms with Crippen LogP contribution >= 0.6 is 0 Å². The lowest BCUT2D eigenvalue weighted by Crippen LogP contribution is -2.46. The zero-order chi connectivity index (χ0) is 34.4. The molecule has 2 aromatic heterocycles. The van der Waals surface area contributed by atoms with Crippen LogP contribution in [0.3, 0.4) is 0 Å². The van der Waals surface area contributed by atoms with Crippen molar-refractivity contribution in [1.82, 2.24) is 14.6 Å². The maximum Gasteiger partial charge on any atom is 0.337 e. The predicted molar refractivity (Wildman–Crippen MR) is 184 cm³/mol. The molecule has 0 aliphatic carbocycles. The van der Waals surface area contributed by atoms with E-state index < -0.39 is 17.7 Å². The van der Waals surface area contributed by atoms with Crippen LogP contribution in [0.1, 0.15) is 89.6 Å². The molecule has 3 aliphatic heterocycles. The highest BCUT2D eigenvalue weighted by molar-refractivity contribution is 5.80. The molecule has 1 N–H and O–H groups in total. The second-order valence-corrected chi connectivity index (χ2v) is 14.6. The zero-order valence-corrected chi connectivity index (χ0v) is 29.1. The summed E-state index contributed by atoms with van der Waals surface area (Å²) in [6.07, 6.45) is 2.82. The molecular weight excluding hydrogens is 611 g/mol. The molecule has 0 amide bonds. The summed E-state index contributed by atoms with van der Waals surface area (Å²) in [5.41, 5.74) is 4.41. The third kappa shape index (κ3) is 7.05. The number of piperidine rings is 1. The van der Waals surface area contributed by atoms with Crippen molar-refractivity contribution in [2.45, 2.75) is 104 Å². The van der Waals surface area contributed by atoms with Crippen LogP contribution in [0.4, 0.5) is 10.2 Å². The van der Waals surface area contributed by atoms with Crippen LogP contribution in [0.5, 0.6) is 5.75 Å². The van der Waals surface area contributed by atoms with Crippen molar-refractivity contribution in [3.63, 3.8) is 0 Å². The molecule has 9 nitrogen and oxygen atoms in total. The Morgan fingerprint density at radius 1 is 1.10 bits per heavy atom. The number of carboxylic acids is 1. The first-order chi connectivity index (χ1) is 22.7. The van der Waals surface area contributed by atoms with E-state index in [0.717, 1.165) is 48.8 Å². The highest BCUT2D eigenvalue weighted by atomic mass is 19.1. The maximum absolute atomic E-state index is 14.9. The molecule has 0 saturated carbocycles. The Balaban J connectivity index is 1.54. The van der Waals surface area contributed by atoms with Crippen LogP contribution < -0.4 is 9.64 Å². The number of aromatic nitrogens is 3. The number of hydrogen-bond acceptors (Lipinski definition) is 7. The fourth-order valence-corrected chi connectivity index (χ4v) is 6.75. The number of halogens is 1. The molecule has 2 aromatic carbocycles. The van der Waals surface area contributed by atoms with Gasteiger partial charge in [-0.15, -0.1) is 0 Å². The smallest absolute Gasteiger partial charge is 0.337 e. The van der Waals surface area contributed by atoms with Gasteiger partial charge in [-0.25, -0.2) is 14.2 Å². The van der Waals surface area contributed by atoms with Gasteiger partial charge in [0, 0.05) is 48.6 Å². The summed E-state index contributed by atoms with van der Waals surface area (Å²) >= 11 is 0.